The number of aliphatic hydroxyl groups is 1. The Kier molecular flexibility index (Phi) is 17.1. The van der Waals surface area contributed by atoms with Gasteiger partial charge in [0.1, 0.15) is 0 Å². The van der Waals surface area contributed by atoms with Gasteiger partial charge in [-0.05, 0) is 88.1 Å². The van der Waals surface area contributed by atoms with Gasteiger partial charge in [0, 0.05) is 39.1 Å². The number of piperidine rings is 1. The summed E-state index contributed by atoms with van der Waals surface area (Å²) in [5.41, 5.74) is 6.88. The smallest absolute Gasteiger partial charge is 0.238 e. The first-order valence-electron chi connectivity index (χ1n) is 15.3. The third-order valence-electron chi connectivity index (χ3n) is 7.32. The standard InChI is InChI=1S/C19H21NOS.C18H22N2O2S.CH4.ClH/c1-14-10-11-17(15(2)13-14)22-18-8-4-3-7-16(18)20-12-6-5-9-19(20)21;1-13-7-8-16(14(2)11-13)23-17-6-4-3-5-15(17)20-18(22)12-19-9-10-21;;/h3-4,7-8,10-11,13H,5-6,9,12H2,1-2H3;3-8,11,19,21H,9-10,12H2,1-2H3,(H,20,22);1H4;1H. The molecule has 4 aromatic rings. The Morgan fingerprint density at radius 2 is 1.36 bits per heavy atom. The molecule has 0 spiro atoms. The fraction of sp³-hybridized carbons (Fsp3) is 0.316. The van der Waals surface area contributed by atoms with Crippen molar-refractivity contribution in [2.45, 2.75) is 74.0 Å². The number of nitrogens with one attached hydrogen (secondary N) is 2. The van der Waals surface area contributed by atoms with E-state index in [1.54, 1.807) is 23.5 Å². The van der Waals surface area contributed by atoms with Gasteiger partial charge in [-0.15, -0.1) is 12.4 Å². The Labute approximate surface area is 295 Å². The molecule has 1 fully saturated rings. The van der Waals surface area contributed by atoms with E-state index >= 15 is 0 Å². The van der Waals surface area contributed by atoms with Gasteiger partial charge in [-0.2, -0.15) is 0 Å². The van der Waals surface area contributed by atoms with Gasteiger partial charge in [-0.3, -0.25) is 9.59 Å². The van der Waals surface area contributed by atoms with E-state index in [1.807, 2.05) is 41.3 Å². The number of aryl methyl sites for hydroxylation is 4. The molecule has 0 bridgehead atoms. The average Bonchev–Trinajstić information content (AvgIpc) is 3.02. The number of anilines is 2. The predicted molar refractivity (Wildman–Crippen MR) is 202 cm³/mol. The number of amides is 2. The third-order valence-corrected chi connectivity index (χ3v) is 9.81. The maximum absolute atomic E-state index is 12.2. The first-order chi connectivity index (χ1) is 21.7. The van der Waals surface area contributed by atoms with Crippen LogP contribution in [0.2, 0.25) is 0 Å². The van der Waals surface area contributed by atoms with Gasteiger partial charge in [0.05, 0.1) is 24.5 Å². The molecule has 1 aliphatic rings. The van der Waals surface area contributed by atoms with Gasteiger partial charge in [0.15, 0.2) is 0 Å². The first-order valence-corrected chi connectivity index (χ1v) is 17.0. The lowest BCUT2D eigenvalue weighted by molar-refractivity contribution is -0.119. The van der Waals surface area contributed by atoms with E-state index in [0.29, 0.717) is 13.0 Å². The van der Waals surface area contributed by atoms with Crippen molar-refractivity contribution in [1.29, 1.82) is 0 Å². The molecule has 2 amide bonds. The van der Waals surface area contributed by atoms with Crippen LogP contribution in [0.1, 0.15) is 48.9 Å². The summed E-state index contributed by atoms with van der Waals surface area (Å²) in [7, 11) is 0. The van der Waals surface area contributed by atoms with Crippen LogP contribution in [0.3, 0.4) is 0 Å². The number of carbonyl (C=O) groups is 2. The highest BCUT2D eigenvalue weighted by atomic mass is 35.5. The van der Waals surface area contributed by atoms with Crippen molar-refractivity contribution in [3.05, 3.63) is 107 Å². The van der Waals surface area contributed by atoms with Crippen LogP contribution in [0.25, 0.3) is 0 Å². The maximum atomic E-state index is 12.2. The van der Waals surface area contributed by atoms with Crippen molar-refractivity contribution in [3.63, 3.8) is 0 Å². The minimum absolute atomic E-state index is 0. The second-order valence-electron chi connectivity index (χ2n) is 11.2. The van der Waals surface area contributed by atoms with Crippen molar-refractivity contribution in [2.75, 3.05) is 36.5 Å². The van der Waals surface area contributed by atoms with Crippen molar-refractivity contribution in [1.82, 2.24) is 5.32 Å². The predicted octanol–water partition coefficient (Wildman–Crippen LogP) is 9.00. The summed E-state index contributed by atoms with van der Waals surface area (Å²) in [5.74, 6) is 0.132. The molecule has 6 nitrogen and oxygen atoms in total. The number of rotatable bonds is 10. The van der Waals surface area contributed by atoms with Crippen LogP contribution in [0.4, 0.5) is 11.4 Å². The molecule has 1 saturated heterocycles. The molecule has 0 atom stereocenters. The van der Waals surface area contributed by atoms with Gasteiger partial charge in [0.2, 0.25) is 11.8 Å². The second-order valence-corrected chi connectivity index (χ2v) is 13.3. The zero-order valence-electron chi connectivity index (χ0n) is 27.0. The van der Waals surface area contributed by atoms with Gasteiger partial charge in [-0.1, -0.05) is 90.6 Å². The zero-order chi connectivity index (χ0) is 32.2. The zero-order valence-corrected chi connectivity index (χ0v) is 29.4. The van der Waals surface area contributed by atoms with Crippen LogP contribution in [-0.4, -0.2) is 43.2 Å². The highest BCUT2D eigenvalue weighted by molar-refractivity contribution is 7.99. The number of halogens is 1. The van der Waals surface area contributed by atoms with Crippen LogP contribution >= 0.6 is 35.9 Å². The molecule has 1 aliphatic heterocycles. The van der Waals surface area contributed by atoms with E-state index < -0.39 is 0 Å². The van der Waals surface area contributed by atoms with Gasteiger partial charge >= 0.3 is 0 Å². The highest BCUT2D eigenvalue weighted by Gasteiger charge is 2.22. The van der Waals surface area contributed by atoms with Gasteiger partial charge < -0.3 is 20.6 Å². The fourth-order valence-corrected chi connectivity index (χ4v) is 7.02. The highest BCUT2D eigenvalue weighted by Crippen LogP contribution is 2.38. The summed E-state index contributed by atoms with van der Waals surface area (Å²) >= 11 is 3.40. The molecule has 0 radical (unpaired) electrons. The Bertz CT molecular complexity index is 1620. The number of carbonyl (C=O) groups excluding carboxylic acids is 2. The molecule has 4 aromatic carbocycles. The number of aliphatic hydroxyl groups excluding tert-OH is 1. The van der Waals surface area contributed by atoms with E-state index in [2.05, 4.69) is 86.9 Å². The largest absolute Gasteiger partial charge is 0.395 e. The first kappa shape index (κ1) is 39.9. The second kappa shape index (κ2) is 20.2. The Hall–Kier alpha value is -3.27. The normalized spacial score (nSPS) is 12.3. The van der Waals surface area contributed by atoms with Gasteiger partial charge in [0.25, 0.3) is 0 Å². The van der Waals surface area contributed by atoms with Crippen molar-refractivity contribution >= 4 is 59.1 Å². The molecule has 3 N–H and O–H groups in total. The minimum atomic E-state index is -0.118. The van der Waals surface area contributed by atoms with Gasteiger partial charge in [-0.25, -0.2) is 0 Å². The average molecular weight is 694 g/mol. The minimum Gasteiger partial charge on any atom is -0.395 e. The lowest BCUT2D eigenvalue weighted by Crippen LogP contribution is -2.35. The van der Waals surface area contributed by atoms with Crippen LogP contribution < -0.4 is 15.5 Å². The Morgan fingerprint density at radius 1 is 0.787 bits per heavy atom. The number of hydrogen-bond donors (Lipinski definition) is 3. The van der Waals surface area contributed by atoms with Crippen molar-refractivity contribution in [2.24, 2.45) is 0 Å². The Morgan fingerprint density at radius 3 is 1.96 bits per heavy atom. The number of para-hydroxylation sites is 2. The SMILES string of the molecule is C.Cc1ccc(Sc2ccccc2N2CCCCC2=O)c(C)c1.Cc1ccc(Sc2ccccc2NC(=O)CNCCO)c(C)c1.Cl. The molecular formula is C38H48ClN3O3S2. The van der Waals surface area contributed by atoms with E-state index in [4.69, 9.17) is 5.11 Å². The molecule has 1 heterocycles. The van der Waals surface area contributed by atoms with E-state index in [0.717, 1.165) is 40.6 Å². The monoisotopic (exact) mass is 693 g/mol. The molecular weight excluding hydrogens is 646 g/mol. The van der Waals surface area contributed by atoms with Crippen molar-refractivity contribution < 1.29 is 14.7 Å². The van der Waals surface area contributed by atoms with E-state index in [-0.39, 0.29) is 44.8 Å². The maximum Gasteiger partial charge on any atom is 0.238 e. The summed E-state index contributed by atoms with van der Waals surface area (Å²) < 4.78 is 0. The molecule has 0 aromatic heterocycles. The summed E-state index contributed by atoms with van der Waals surface area (Å²) in [4.78, 5) is 30.7. The van der Waals surface area contributed by atoms with Crippen LogP contribution in [0.15, 0.2) is 105 Å². The number of hydrogen-bond acceptors (Lipinski definition) is 6. The van der Waals surface area contributed by atoms with Crippen LogP contribution in [-0.2, 0) is 9.59 Å². The number of nitrogens with zero attached hydrogens (tertiary/aromatic N) is 1. The molecule has 9 heteroatoms. The molecule has 47 heavy (non-hydrogen) atoms. The summed E-state index contributed by atoms with van der Waals surface area (Å²) in [6.45, 7) is 9.88. The van der Waals surface area contributed by atoms with Crippen LogP contribution in [0.5, 0.6) is 0 Å². The third kappa shape index (κ3) is 12.0. The lowest BCUT2D eigenvalue weighted by atomic mass is 10.1. The van der Waals surface area contributed by atoms with Crippen LogP contribution in [0, 0.1) is 27.7 Å². The molecule has 252 valence electrons. The quantitative estimate of drug-likeness (QED) is 0.144. The van der Waals surface area contributed by atoms with E-state index in [1.165, 1.54) is 32.0 Å². The lowest BCUT2D eigenvalue weighted by Gasteiger charge is -2.28. The fourth-order valence-electron chi connectivity index (χ4n) is 5.03. The van der Waals surface area contributed by atoms with Crippen molar-refractivity contribution in [3.8, 4) is 0 Å². The summed E-state index contributed by atoms with van der Waals surface area (Å²) in [5, 5.41) is 14.5. The summed E-state index contributed by atoms with van der Waals surface area (Å²) in [6.07, 6.45) is 2.78. The van der Waals surface area contributed by atoms with E-state index in [9.17, 15) is 9.59 Å². The molecule has 5 rings (SSSR count). The molecule has 0 unspecified atom stereocenters. The molecule has 0 aliphatic carbocycles. The molecule has 0 saturated carbocycles. The summed E-state index contributed by atoms with van der Waals surface area (Å²) in [6, 6.07) is 28.9. The topological polar surface area (TPSA) is 81.7 Å². The number of benzene rings is 4. The Balaban J connectivity index is 0.000000314.